The number of carbonyl (C=O) groups excluding carboxylic acids is 1. The number of benzene rings is 1. The molecule has 22 heavy (non-hydrogen) atoms. The quantitative estimate of drug-likeness (QED) is 0.927. The summed E-state index contributed by atoms with van der Waals surface area (Å²) in [5.41, 5.74) is 0.364. The first kappa shape index (κ1) is 15.8. The fourth-order valence-corrected chi connectivity index (χ4v) is 1.72. The standard InChI is InChI=1S/C17H20N2O3/c1-17(2,3)22-16(20)19-15-11-13(9-10-18-15)12-21-14-7-5-4-6-8-14/h4-11H,12H2,1-3H3,(H,18,19,20). The molecule has 0 spiro atoms. The molecule has 0 unspecified atom stereocenters. The molecule has 0 aliphatic rings. The number of hydrogen-bond donors (Lipinski definition) is 1. The van der Waals surface area contributed by atoms with E-state index in [4.69, 9.17) is 9.47 Å². The minimum Gasteiger partial charge on any atom is -0.489 e. The van der Waals surface area contributed by atoms with Crippen molar-refractivity contribution in [3.05, 3.63) is 54.2 Å². The van der Waals surface area contributed by atoms with Crippen molar-refractivity contribution in [1.29, 1.82) is 0 Å². The van der Waals surface area contributed by atoms with Gasteiger partial charge in [-0.15, -0.1) is 0 Å². The van der Waals surface area contributed by atoms with Crippen molar-refractivity contribution in [2.75, 3.05) is 5.32 Å². The molecule has 5 heteroatoms. The minimum atomic E-state index is -0.544. The van der Waals surface area contributed by atoms with E-state index in [0.29, 0.717) is 12.4 Å². The number of anilines is 1. The average Bonchev–Trinajstić information content (AvgIpc) is 2.44. The number of carbonyl (C=O) groups is 1. The summed E-state index contributed by atoms with van der Waals surface area (Å²) in [7, 11) is 0. The third kappa shape index (κ3) is 5.44. The Balaban J connectivity index is 1.94. The summed E-state index contributed by atoms with van der Waals surface area (Å²) in [6, 6.07) is 13.1. The van der Waals surface area contributed by atoms with Gasteiger partial charge < -0.3 is 9.47 Å². The number of pyridine rings is 1. The predicted octanol–water partition coefficient (Wildman–Crippen LogP) is 4.01. The van der Waals surface area contributed by atoms with Crippen LogP contribution in [0.1, 0.15) is 26.3 Å². The zero-order valence-corrected chi connectivity index (χ0v) is 13.0. The maximum absolute atomic E-state index is 11.7. The molecule has 1 N–H and O–H groups in total. The van der Waals surface area contributed by atoms with E-state index in [1.54, 1.807) is 12.3 Å². The number of ether oxygens (including phenoxy) is 2. The molecule has 0 saturated heterocycles. The van der Waals surface area contributed by atoms with Gasteiger partial charge in [0.15, 0.2) is 0 Å². The molecule has 0 aliphatic carbocycles. The van der Waals surface area contributed by atoms with Gasteiger partial charge in [0.05, 0.1) is 0 Å². The second-order valence-corrected chi connectivity index (χ2v) is 5.78. The Morgan fingerprint density at radius 3 is 2.59 bits per heavy atom. The van der Waals surface area contributed by atoms with E-state index >= 15 is 0 Å². The molecular formula is C17H20N2O3. The van der Waals surface area contributed by atoms with E-state index < -0.39 is 11.7 Å². The monoisotopic (exact) mass is 300 g/mol. The summed E-state index contributed by atoms with van der Waals surface area (Å²) in [4.78, 5) is 15.8. The summed E-state index contributed by atoms with van der Waals surface area (Å²) >= 11 is 0. The predicted molar refractivity (Wildman–Crippen MR) is 84.9 cm³/mol. The molecule has 1 aromatic carbocycles. The highest BCUT2D eigenvalue weighted by atomic mass is 16.6. The first-order valence-electron chi connectivity index (χ1n) is 7.05. The van der Waals surface area contributed by atoms with Gasteiger partial charge in [-0.25, -0.2) is 9.78 Å². The fraction of sp³-hybridized carbons (Fsp3) is 0.294. The van der Waals surface area contributed by atoms with Gasteiger partial charge in [-0.2, -0.15) is 0 Å². The van der Waals surface area contributed by atoms with Crippen molar-refractivity contribution in [1.82, 2.24) is 4.98 Å². The fourth-order valence-electron chi connectivity index (χ4n) is 1.72. The lowest BCUT2D eigenvalue weighted by Gasteiger charge is -2.19. The molecule has 116 valence electrons. The van der Waals surface area contributed by atoms with Crippen LogP contribution in [-0.4, -0.2) is 16.7 Å². The van der Waals surface area contributed by atoms with Crippen LogP contribution in [0.5, 0.6) is 5.75 Å². The van der Waals surface area contributed by atoms with E-state index in [2.05, 4.69) is 10.3 Å². The summed E-state index contributed by atoms with van der Waals surface area (Å²) in [5.74, 6) is 1.23. The molecule has 0 atom stereocenters. The van der Waals surface area contributed by atoms with Crippen LogP contribution in [0.3, 0.4) is 0 Å². The Bertz CT molecular complexity index is 621. The number of rotatable bonds is 4. The molecule has 1 amide bonds. The second-order valence-electron chi connectivity index (χ2n) is 5.78. The van der Waals surface area contributed by atoms with Gasteiger partial charge in [0.2, 0.25) is 0 Å². The Kier molecular flexibility index (Phi) is 4.99. The zero-order chi connectivity index (χ0) is 16.0. The highest BCUT2D eigenvalue weighted by Gasteiger charge is 2.16. The van der Waals surface area contributed by atoms with Crippen LogP contribution in [-0.2, 0) is 11.3 Å². The minimum absolute atomic E-state index is 0.398. The normalized spacial score (nSPS) is 10.9. The molecule has 0 bridgehead atoms. The van der Waals surface area contributed by atoms with Crippen LogP contribution >= 0.6 is 0 Å². The van der Waals surface area contributed by atoms with E-state index in [-0.39, 0.29) is 0 Å². The number of amides is 1. The Morgan fingerprint density at radius 1 is 1.18 bits per heavy atom. The smallest absolute Gasteiger partial charge is 0.413 e. The van der Waals surface area contributed by atoms with Crippen LogP contribution < -0.4 is 10.1 Å². The molecule has 1 aromatic heterocycles. The maximum atomic E-state index is 11.7. The zero-order valence-electron chi connectivity index (χ0n) is 13.0. The highest BCUT2D eigenvalue weighted by Crippen LogP contribution is 2.14. The molecule has 0 saturated carbocycles. The summed E-state index contributed by atoms with van der Waals surface area (Å²) < 4.78 is 10.9. The summed E-state index contributed by atoms with van der Waals surface area (Å²) in [5, 5.41) is 2.61. The summed E-state index contributed by atoms with van der Waals surface area (Å²) in [6.07, 6.45) is 1.09. The Hall–Kier alpha value is -2.56. The van der Waals surface area contributed by atoms with Crippen molar-refractivity contribution in [2.45, 2.75) is 33.0 Å². The molecular weight excluding hydrogens is 280 g/mol. The van der Waals surface area contributed by atoms with Crippen molar-refractivity contribution in [2.24, 2.45) is 0 Å². The van der Waals surface area contributed by atoms with Gasteiger partial charge in [0.25, 0.3) is 0 Å². The first-order chi connectivity index (χ1) is 10.4. The second kappa shape index (κ2) is 6.93. The van der Waals surface area contributed by atoms with Crippen LogP contribution in [0.4, 0.5) is 10.6 Å². The lowest BCUT2D eigenvalue weighted by atomic mass is 10.2. The first-order valence-corrected chi connectivity index (χ1v) is 7.05. The van der Waals surface area contributed by atoms with Gasteiger partial charge in [-0.3, -0.25) is 5.32 Å². The molecule has 2 rings (SSSR count). The van der Waals surface area contributed by atoms with Crippen molar-refractivity contribution < 1.29 is 14.3 Å². The van der Waals surface area contributed by atoms with Gasteiger partial charge in [0.1, 0.15) is 23.8 Å². The molecule has 2 aromatic rings. The number of hydrogen-bond acceptors (Lipinski definition) is 4. The maximum Gasteiger partial charge on any atom is 0.413 e. The molecule has 0 aliphatic heterocycles. The lowest BCUT2D eigenvalue weighted by molar-refractivity contribution is 0.0635. The number of nitrogens with zero attached hydrogens (tertiary/aromatic N) is 1. The van der Waals surface area contributed by atoms with Crippen molar-refractivity contribution in [3.63, 3.8) is 0 Å². The lowest BCUT2D eigenvalue weighted by Crippen LogP contribution is -2.27. The van der Waals surface area contributed by atoms with E-state index in [0.717, 1.165) is 11.3 Å². The third-order valence-corrected chi connectivity index (χ3v) is 2.60. The van der Waals surface area contributed by atoms with Crippen LogP contribution in [0.2, 0.25) is 0 Å². The van der Waals surface area contributed by atoms with Crippen molar-refractivity contribution >= 4 is 11.9 Å². The highest BCUT2D eigenvalue weighted by molar-refractivity contribution is 5.83. The van der Waals surface area contributed by atoms with E-state index in [1.165, 1.54) is 0 Å². The number of aromatic nitrogens is 1. The molecule has 1 heterocycles. The summed E-state index contributed by atoms with van der Waals surface area (Å²) in [6.45, 7) is 5.83. The van der Waals surface area contributed by atoms with Crippen LogP contribution in [0, 0.1) is 0 Å². The van der Waals surface area contributed by atoms with Gasteiger partial charge in [-0.1, -0.05) is 18.2 Å². The Labute approximate surface area is 130 Å². The molecule has 0 fully saturated rings. The topological polar surface area (TPSA) is 60.5 Å². The third-order valence-electron chi connectivity index (χ3n) is 2.60. The largest absolute Gasteiger partial charge is 0.489 e. The van der Waals surface area contributed by atoms with Gasteiger partial charge >= 0.3 is 6.09 Å². The van der Waals surface area contributed by atoms with Crippen LogP contribution in [0.15, 0.2) is 48.7 Å². The number of nitrogens with one attached hydrogen (secondary N) is 1. The van der Waals surface area contributed by atoms with E-state index in [9.17, 15) is 4.79 Å². The SMILES string of the molecule is CC(C)(C)OC(=O)Nc1cc(COc2ccccc2)ccn1. The van der Waals surface area contributed by atoms with Crippen molar-refractivity contribution in [3.8, 4) is 5.75 Å². The Morgan fingerprint density at radius 2 is 1.91 bits per heavy atom. The van der Waals surface area contributed by atoms with Gasteiger partial charge in [0, 0.05) is 6.20 Å². The van der Waals surface area contributed by atoms with Crippen LogP contribution in [0.25, 0.3) is 0 Å². The van der Waals surface area contributed by atoms with E-state index in [1.807, 2.05) is 57.2 Å². The average molecular weight is 300 g/mol. The number of para-hydroxylation sites is 1. The van der Waals surface area contributed by atoms with Gasteiger partial charge in [-0.05, 0) is 50.6 Å². The molecule has 5 nitrogen and oxygen atoms in total. The molecule has 0 radical (unpaired) electrons.